The van der Waals surface area contributed by atoms with Gasteiger partial charge in [-0.05, 0) is 71.3 Å². The summed E-state index contributed by atoms with van der Waals surface area (Å²) in [6, 6.07) is 25.1. The normalized spacial score (nSPS) is 12.0. The molecule has 0 bridgehead atoms. The van der Waals surface area contributed by atoms with Crippen molar-refractivity contribution >= 4 is 12.0 Å². The maximum absolute atomic E-state index is 13.5. The van der Waals surface area contributed by atoms with Crippen molar-refractivity contribution in [3.8, 4) is 17.2 Å². The second-order valence-corrected chi connectivity index (χ2v) is 8.53. The van der Waals surface area contributed by atoms with Crippen LogP contribution in [0.2, 0.25) is 0 Å². The number of ether oxygens (including phenoxy) is 3. The van der Waals surface area contributed by atoms with Gasteiger partial charge in [-0.1, -0.05) is 36.4 Å². The van der Waals surface area contributed by atoms with Gasteiger partial charge < -0.3 is 19.1 Å². The number of nitrogens with zero attached hydrogens (tertiary/aromatic N) is 2. The Hall–Kier alpha value is -4.65. The van der Waals surface area contributed by atoms with E-state index in [2.05, 4.69) is 4.98 Å². The number of aromatic nitrogens is 1. The smallest absolute Gasteiger partial charge is 0.247 e. The maximum atomic E-state index is 13.5. The molecule has 1 aromatic heterocycles. The van der Waals surface area contributed by atoms with Gasteiger partial charge in [-0.2, -0.15) is 0 Å². The lowest BCUT2D eigenvalue weighted by Crippen LogP contribution is -2.28. The van der Waals surface area contributed by atoms with E-state index in [0.29, 0.717) is 36.8 Å². The van der Waals surface area contributed by atoms with Crippen LogP contribution in [0.25, 0.3) is 6.08 Å². The quantitative estimate of drug-likeness (QED) is 0.275. The third-order valence-electron chi connectivity index (χ3n) is 5.77. The first-order valence-corrected chi connectivity index (χ1v) is 11.9. The molecule has 186 valence electrons. The molecule has 37 heavy (non-hydrogen) atoms. The first kappa shape index (κ1) is 24.1. The standard InChI is InChI=1S/C30H25FN2O4/c31-25-7-3-5-22(15-25)11-13-30(34)33(19-26-8-1-2-14-32-26)18-23-6-4-9-27(16-23)35-20-24-10-12-28-29(17-24)37-21-36-28/h1-17H,18-21H2/b13-11+. The van der Waals surface area contributed by atoms with E-state index >= 15 is 0 Å². The molecule has 0 unspecified atom stereocenters. The van der Waals surface area contributed by atoms with Crippen molar-refractivity contribution in [3.63, 3.8) is 0 Å². The van der Waals surface area contributed by atoms with Crippen molar-refractivity contribution in [2.45, 2.75) is 19.7 Å². The van der Waals surface area contributed by atoms with E-state index in [-0.39, 0.29) is 18.5 Å². The summed E-state index contributed by atoms with van der Waals surface area (Å²) in [5.74, 6) is 1.58. The lowest BCUT2D eigenvalue weighted by atomic mass is 10.1. The number of rotatable bonds is 9. The summed E-state index contributed by atoms with van der Waals surface area (Å²) in [5, 5.41) is 0. The van der Waals surface area contributed by atoms with Crippen molar-refractivity contribution < 1.29 is 23.4 Å². The van der Waals surface area contributed by atoms with E-state index in [1.54, 1.807) is 29.3 Å². The average Bonchev–Trinajstić information content (AvgIpc) is 3.39. The fourth-order valence-corrected chi connectivity index (χ4v) is 3.93. The molecule has 0 radical (unpaired) electrons. The van der Waals surface area contributed by atoms with Crippen molar-refractivity contribution in [2.24, 2.45) is 0 Å². The van der Waals surface area contributed by atoms with Gasteiger partial charge in [0.25, 0.3) is 0 Å². The summed E-state index contributed by atoms with van der Waals surface area (Å²) in [6.45, 7) is 1.28. The van der Waals surface area contributed by atoms with Gasteiger partial charge in [0, 0.05) is 18.8 Å². The average molecular weight is 497 g/mol. The molecule has 0 atom stereocenters. The fourth-order valence-electron chi connectivity index (χ4n) is 3.93. The molecule has 0 spiro atoms. The van der Waals surface area contributed by atoms with E-state index in [1.807, 2.05) is 60.7 Å². The van der Waals surface area contributed by atoms with Gasteiger partial charge >= 0.3 is 0 Å². The lowest BCUT2D eigenvalue weighted by Gasteiger charge is -2.21. The Morgan fingerprint density at radius 3 is 2.68 bits per heavy atom. The van der Waals surface area contributed by atoms with Crippen LogP contribution < -0.4 is 14.2 Å². The van der Waals surface area contributed by atoms with Crippen LogP contribution in [0.5, 0.6) is 17.2 Å². The number of hydrogen-bond acceptors (Lipinski definition) is 5. The number of hydrogen-bond donors (Lipinski definition) is 0. The number of amides is 1. The molecule has 0 N–H and O–H groups in total. The highest BCUT2D eigenvalue weighted by atomic mass is 19.1. The zero-order valence-electron chi connectivity index (χ0n) is 20.0. The molecule has 6 nitrogen and oxygen atoms in total. The topological polar surface area (TPSA) is 60.9 Å². The minimum absolute atomic E-state index is 0.207. The van der Waals surface area contributed by atoms with Crippen molar-refractivity contribution in [1.82, 2.24) is 9.88 Å². The first-order chi connectivity index (χ1) is 18.1. The highest BCUT2D eigenvalue weighted by Gasteiger charge is 2.15. The Kier molecular flexibility index (Phi) is 7.41. The zero-order chi connectivity index (χ0) is 25.5. The molecule has 7 heteroatoms. The molecule has 1 aliphatic heterocycles. The SMILES string of the molecule is O=C(/C=C/c1cccc(F)c1)N(Cc1cccc(OCc2ccc3c(c2)OCO3)c1)Cc1ccccn1. The van der Waals surface area contributed by atoms with Crippen LogP contribution in [0, 0.1) is 5.82 Å². The summed E-state index contributed by atoms with van der Waals surface area (Å²) < 4.78 is 30.3. The second-order valence-electron chi connectivity index (χ2n) is 8.53. The Balaban J connectivity index is 1.29. The van der Waals surface area contributed by atoms with Gasteiger partial charge in [-0.15, -0.1) is 0 Å². The van der Waals surface area contributed by atoms with Crippen LogP contribution in [-0.2, 0) is 24.5 Å². The largest absolute Gasteiger partial charge is 0.489 e. The van der Waals surface area contributed by atoms with E-state index in [9.17, 15) is 9.18 Å². The number of carbonyl (C=O) groups is 1. The Bertz CT molecular complexity index is 1410. The van der Waals surface area contributed by atoms with E-state index in [0.717, 1.165) is 22.6 Å². The summed E-state index contributed by atoms with van der Waals surface area (Å²) >= 11 is 0. The van der Waals surface area contributed by atoms with Gasteiger partial charge in [-0.3, -0.25) is 9.78 Å². The Labute approximate surface area is 214 Å². The van der Waals surface area contributed by atoms with Crippen molar-refractivity contribution in [3.05, 3.63) is 125 Å². The van der Waals surface area contributed by atoms with E-state index in [1.165, 1.54) is 18.2 Å². The molecule has 0 saturated heterocycles. The van der Waals surface area contributed by atoms with Crippen LogP contribution in [-0.4, -0.2) is 22.6 Å². The number of halogens is 1. The molecule has 0 saturated carbocycles. The molecular formula is C30H25FN2O4. The zero-order valence-corrected chi connectivity index (χ0v) is 20.0. The van der Waals surface area contributed by atoms with Gasteiger partial charge in [-0.25, -0.2) is 4.39 Å². The molecule has 1 aliphatic rings. The Morgan fingerprint density at radius 2 is 1.81 bits per heavy atom. The highest BCUT2D eigenvalue weighted by Crippen LogP contribution is 2.32. The van der Waals surface area contributed by atoms with Crippen LogP contribution >= 0.6 is 0 Å². The second kappa shape index (κ2) is 11.4. The van der Waals surface area contributed by atoms with Crippen LogP contribution in [0.1, 0.15) is 22.4 Å². The number of carbonyl (C=O) groups excluding carboxylic acids is 1. The summed E-state index contributed by atoms with van der Waals surface area (Å²) in [4.78, 5) is 19.2. The van der Waals surface area contributed by atoms with Crippen LogP contribution in [0.4, 0.5) is 4.39 Å². The summed E-state index contributed by atoms with van der Waals surface area (Å²) in [7, 11) is 0. The molecule has 1 amide bonds. The molecule has 4 aromatic rings. The third kappa shape index (κ3) is 6.52. The Morgan fingerprint density at radius 1 is 0.919 bits per heavy atom. The van der Waals surface area contributed by atoms with Gasteiger partial charge in [0.05, 0.1) is 12.2 Å². The predicted molar refractivity (Wildman–Crippen MR) is 137 cm³/mol. The van der Waals surface area contributed by atoms with E-state index in [4.69, 9.17) is 14.2 Å². The van der Waals surface area contributed by atoms with E-state index < -0.39 is 0 Å². The molecule has 0 fully saturated rings. The van der Waals surface area contributed by atoms with Gasteiger partial charge in [0.2, 0.25) is 12.7 Å². The van der Waals surface area contributed by atoms with Crippen LogP contribution in [0.3, 0.4) is 0 Å². The summed E-state index contributed by atoms with van der Waals surface area (Å²) in [6.07, 6.45) is 4.77. The minimum Gasteiger partial charge on any atom is -0.489 e. The number of pyridine rings is 1. The maximum Gasteiger partial charge on any atom is 0.247 e. The molecule has 3 aromatic carbocycles. The lowest BCUT2D eigenvalue weighted by molar-refractivity contribution is -0.127. The molecule has 2 heterocycles. The molecule has 0 aliphatic carbocycles. The number of benzene rings is 3. The molecule has 5 rings (SSSR count). The van der Waals surface area contributed by atoms with Crippen molar-refractivity contribution in [1.29, 1.82) is 0 Å². The highest BCUT2D eigenvalue weighted by molar-refractivity contribution is 5.91. The minimum atomic E-state index is -0.350. The fraction of sp³-hybridized carbons (Fsp3) is 0.133. The monoisotopic (exact) mass is 496 g/mol. The van der Waals surface area contributed by atoms with Gasteiger partial charge in [0.15, 0.2) is 11.5 Å². The summed E-state index contributed by atoms with van der Waals surface area (Å²) in [5.41, 5.74) is 3.26. The first-order valence-electron chi connectivity index (χ1n) is 11.9. The molecular weight excluding hydrogens is 471 g/mol. The van der Waals surface area contributed by atoms with Gasteiger partial charge in [0.1, 0.15) is 18.2 Å². The third-order valence-corrected chi connectivity index (χ3v) is 5.77. The number of fused-ring (bicyclic) bond motifs is 1. The van der Waals surface area contributed by atoms with Crippen molar-refractivity contribution in [2.75, 3.05) is 6.79 Å². The predicted octanol–water partition coefficient (Wildman–Crippen LogP) is 5.77. The van der Waals surface area contributed by atoms with Crippen LogP contribution in [0.15, 0.2) is 97.2 Å².